The number of nitrogens with zero attached hydrogens (tertiary/aromatic N) is 2. The lowest BCUT2D eigenvalue weighted by Crippen LogP contribution is -2.50. The summed E-state index contributed by atoms with van der Waals surface area (Å²) >= 11 is 0. The third kappa shape index (κ3) is 5.03. The van der Waals surface area contributed by atoms with E-state index in [0.717, 1.165) is 38.3 Å². The zero-order valence-corrected chi connectivity index (χ0v) is 12.7. The molecule has 2 saturated heterocycles. The molecule has 2 unspecified atom stereocenters. The van der Waals surface area contributed by atoms with Gasteiger partial charge in [-0.1, -0.05) is 6.92 Å². The fourth-order valence-electron chi connectivity index (χ4n) is 2.97. The molecule has 0 aliphatic carbocycles. The van der Waals surface area contributed by atoms with E-state index in [9.17, 15) is 0 Å². The zero-order valence-electron chi connectivity index (χ0n) is 12.7. The Bertz CT molecular complexity index is 236. The van der Waals surface area contributed by atoms with Crippen LogP contribution in [0.4, 0.5) is 0 Å². The van der Waals surface area contributed by atoms with Crippen molar-refractivity contribution in [3.8, 4) is 0 Å². The maximum absolute atomic E-state index is 5.39. The third-order valence-corrected chi connectivity index (χ3v) is 4.68. The van der Waals surface area contributed by atoms with Crippen molar-refractivity contribution in [3.05, 3.63) is 0 Å². The summed E-state index contributed by atoms with van der Waals surface area (Å²) in [5.41, 5.74) is 0. The Balaban J connectivity index is 1.50. The smallest absolute Gasteiger partial charge is 0.0507 e. The molecule has 2 aliphatic heterocycles. The minimum Gasteiger partial charge on any atom is -0.381 e. The van der Waals surface area contributed by atoms with Crippen LogP contribution in [0.1, 0.15) is 26.7 Å². The van der Waals surface area contributed by atoms with Gasteiger partial charge in [0.15, 0.2) is 0 Å². The number of hydrogen-bond acceptors (Lipinski definition) is 4. The van der Waals surface area contributed by atoms with Crippen LogP contribution in [0, 0.1) is 5.92 Å². The average molecular weight is 269 g/mol. The molecule has 2 fully saturated rings. The molecule has 0 bridgehead atoms. The number of nitrogens with one attached hydrogen (secondary N) is 1. The Morgan fingerprint density at radius 3 is 2.68 bits per heavy atom. The van der Waals surface area contributed by atoms with Crippen LogP contribution < -0.4 is 5.32 Å². The topological polar surface area (TPSA) is 27.7 Å². The monoisotopic (exact) mass is 269 g/mol. The van der Waals surface area contributed by atoms with Gasteiger partial charge in [-0.3, -0.25) is 9.80 Å². The molecule has 0 aromatic rings. The Morgan fingerprint density at radius 1 is 1.26 bits per heavy atom. The molecule has 4 nitrogen and oxygen atoms in total. The summed E-state index contributed by atoms with van der Waals surface area (Å²) in [6, 6.07) is 0.752. The van der Waals surface area contributed by atoms with E-state index < -0.39 is 0 Å². The van der Waals surface area contributed by atoms with E-state index >= 15 is 0 Å². The highest BCUT2D eigenvalue weighted by Gasteiger charge is 2.20. The summed E-state index contributed by atoms with van der Waals surface area (Å²) in [7, 11) is 0. The molecule has 0 radical (unpaired) electrons. The van der Waals surface area contributed by atoms with Crippen LogP contribution in [0.15, 0.2) is 0 Å². The molecule has 4 heteroatoms. The van der Waals surface area contributed by atoms with Crippen molar-refractivity contribution in [2.45, 2.75) is 32.7 Å². The van der Waals surface area contributed by atoms with Gasteiger partial charge < -0.3 is 10.1 Å². The maximum atomic E-state index is 5.39. The number of piperazine rings is 1. The van der Waals surface area contributed by atoms with Crippen molar-refractivity contribution < 1.29 is 4.74 Å². The summed E-state index contributed by atoms with van der Waals surface area (Å²) < 4.78 is 5.39. The fourth-order valence-corrected chi connectivity index (χ4v) is 2.97. The first kappa shape index (κ1) is 15.2. The first-order chi connectivity index (χ1) is 9.29. The van der Waals surface area contributed by atoms with Crippen molar-refractivity contribution >= 4 is 0 Å². The van der Waals surface area contributed by atoms with E-state index in [4.69, 9.17) is 4.74 Å². The van der Waals surface area contributed by atoms with Gasteiger partial charge in [-0.05, 0) is 25.7 Å². The summed E-state index contributed by atoms with van der Waals surface area (Å²) in [5.74, 6) is 0.752. The predicted molar refractivity (Wildman–Crippen MR) is 79.6 cm³/mol. The molecule has 1 N–H and O–H groups in total. The molecule has 2 aliphatic rings. The molecule has 0 amide bonds. The van der Waals surface area contributed by atoms with Crippen LogP contribution >= 0.6 is 0 Å². The largest absolute Gasteiger partial charge is 0.381 e. The number of hydrogen-bond donors (Lipinski definition) is 1. The highest BCUT2D eigenvalue weighted by Crippen LogP contribution is 2.10. The van der Waals surface area contributed by atoms with Crippen molar-refractivity contribution in [1.82, 2.24) is 15.1 Å². The summed E-state index contributed by atoms with van der Waals surface area (Å²) in [5, 5.41) is 3.58. The highest BCUT2D eigenvalue weighted by molar-refractivity contribution is 4.76. The Labute approximate surface area is 118 Å². The van der Waals surface area contributed by atoms with Gasteiger partial charge in [0, 0.05) is 58.5 Å². The highest BCUT2D eigenvalue weighted by atomic mass is 16.5. The van der Waals surface area contributed by atoms with Crippen molar-refractivity contribution in [2.75, 3.05) is 59.0 Å². The molecule has 19 heavy (non-hydrogen) atoms. The fraction of sp³-hybridized carbons (Fsp3) is 1.00. The average Bonchev–Trinajstić information content (AvgIpc) is 2.96. The number of rotatable bonds is 7. The molecule has 2 rings (SSSR count). The third-order valence-electron chi connectivity index (χ3n) is 4.68. The van der Waals surface area contributed by atoms with Crippen LogP contribution in [0.3, 0.4) is 0 Å². The SMILES string of the molecule is CCC(C)N1CCN(CCNCC2CCOC2)CC1. The molecule has 2 heterocycles. The van der Waals surface area contributed by atoms with Crippen LogP contribution in [0.2, 0.25) is 0 Å². The van der Waals surface area contributed by atoms with Gasteiger partial charge in [0.2, 0.25) is 0 Å². The van der Waals surface area contributed by atoms with E-state index in [1.54, 1.807) is 0 Å². The number of ether oxygens (including phenoxy) is 1. The molecule has 112 valence electrons. The summed E-state index contributed by atoms with van der Waals surface area (Å²) in [6.45, 7) is 15.0. The van der Waals surface area contributed by atoms with Crippen LogP contribution in [-0.4, -0.2) is 74.9 Å². The standard InChI is InChI=1S/C15H31N3O/c1-3-14(2)18-9-7-17(8-10-18)6-5-16-12-15-4-11-19-13-15/h14-16H,3-13H2,1-2H3. The molecular formula is C15H31N3O. The normalized spacial score (nSPS) is 27.8. The van der Waals surface area contributed by atoms with E-state index in [0.29, 0.717) is 0 Å². The minimum atomic E-state index is 0.752. The second-order valence-electron chi connectivity index (χ2n) is 6.07. The minimum absolute atomic E-state index is 0.752. The molecule has 0 saturated carbocycles. The first-order valence-electron chi connectivity index (χ1n) is 8.04. The first-order valence-corrected chi connectivity index (χ1v) is 8.04. The van der Waals surface area contributed by atoms with Gasteiger partial charge in [0.1, 0.15) is 0 Å². The van der Waals surface area contributed by atoms with Gasteiger partial charge in [0.25, 0.3) is 0 Å². The molecule has 2 atom stereocenters. The second kappa shape index (κ2) is 8.20. The zero-order chi connectivity index (χ0) is 13.5. The molecule has 0 aromatic heterocycles. The molecule has 0 aromatic carbocycles. The summed E-state index contributed by atoms with van der Waals surface area (Å²) in [6.07, 6.45) is 2.51. The maximum Gasteiger partial charge on any atom is 0.0507 e. The Hall–Kier alpha value is -0.160. The Kier molecular flexibility index (Phi) is 6.57. The van der Waals surface area contributed by atoms with Crippen molar-refractivity contribution in [2.24, 2.45) is 5.92 Å². The lowest BCUT2D eigenvalue weighted by molar-refractivity contribution is 0.101. The van der Waals surface area contributed by atoms with E-state index in [-0.39, 0.29) is 0 Å². The van der Waals surface area contributed by atoms with E-state index in [1.807, 2.05) is 0 Å². The predicted octanol–water partition coefficient (Wildman–Crippen LogP) is 1.03. The van der Waals surface area contributed by atoms with Gasteiger partial charge >= 0.3 is 0 Å². The lowest BCUT2D eigenvalue weighted by atomic mass is 10.1. The van der Waals surface area contributed by atoms with Crippen LogP contribution in [0.25, 0.3) is 0 Å². The van der Waals surface area contributed by atoms with Crippen LogP contribution in [0.5, 0.6) is 0 Å². The lowest BCUT2D eigenvalue weighted by Gasteiger charge is -2.37. The van der Waals surface area contributed by atoms with E-state index in [2.05, 4.69) is 29.0 Å². The van der Waals surface area contributed by atoms with Crippen molar-refractivity contribution in [3.63, 3.8) is 0 Å². The molecular weight excluding hydrogens is 238 g/mol. The van der Waals surface area contributed by atoms with E-state index in [1.165, 1.54) is 45.6 Å². The molecule has 0 spiro atoms. The second-order valence-corrected chi connectivity index (χ2v) is 6.07. The van der Waals surface area contributed by atoms with Gasteiger partial charge in [-0.15, -0.1) is 0 Å². The van der Waals surface area contributed by atoms with Gasteiger partial charge in [-0.25, -0.2) is 0 Å². The van der Waals surface area contributed by atoms with Gasteiger partial charge in [-0.2, -0.15) is 0 Å². The van der Waals surface area contributed by atoms with Crippen LogP contribution in [-0.2, 0) is 4.74 Å². The van der Waals surface area contributed by atoms with Crippen molar-refractivity contribution in [1.29, 1.82) is 0 Å². The quantitative estimate of drug-likeness (QED) is 0.699. The Morgan fingerprint density at radius 2 is 2.05 bits per heavy atom. The summed E-state index contributed by atoms with van der Waals surface area (Å²) in [4.78, 5) is 5.22. The van der Waals surface area contributed by atoms with Gasteiger partial charge in [0.05, 0.1) is 6.61 Å².